The van der Waals surface area contributed by atoms with Crippen LogP contribution in [0.5, 0.6) is 0 Å². The summed E-state index contributed by atoms with van der Waals surface area (Å²) in [6, 6.07) is 1.98. The number of allylic oxidation sites excluding steroid dienone is 1. The zero-order valence-corrected chi connectivity index (χ0v) is 11.6. The van der Waals surface area contributed by atoms with Gasteiger partial charge in [-0.1, -0.05) is 45.4 Å². The monoisotopic (exact) mass is 251 g/mol. The number of unbranched alkanes of at least 4 members (excludes halogenated alkanes) is 1. The van der Waals surface area contributed by atoms with Gasteiger partial charge in [0.25, 0.3) is 0 Å². The Morgan fingerprint density at radius 1 is 1.44 bits per heavy atom. The van der Waals surface area contributed by atoms with Crippen LogP contribution in [0, 0.1) is 11.3 Å². The van der Waals surface area contributed by atoms with E-state index in [2.05, 4.69) is 19.6 Å². The standard InChI is InChI=1S/C15H25NO2/c1-4-7-9-13(6-3)12-18-15(8-5-2)14(17)10-11-16/h6,9,14-15,17H,3-5,7-8,10,12H2,1-2H3/t14?,15-/m0/s1. The lowest BCUT2D eigenvalue weighted by molar-refractivity contribution is -0.0302. The molecule has 0 rings (SSSR count). The van der Waals surface area contributed by atoms with E-state index in [0.717, 1.165) is 31.3 Å². The van der Waals surface area contributed by atoms with Crippen molar-refractivity contribution in [1.29, 1.82) is 5.26 Å². The van der Waals surface area contributed by atoms with Gasteiger partial charge in [0.15, 0.2) is 0 Å². The van der Waals surface area contributed by atoms with Crippen molar-refractivity contribution in [2.75, 3.05) is 6.61 Å². The van der Waals surface area contributed by atoms with Crippen LogP contribution < -0.4 is 0 Å². The van der Waals surface area contributed by atoms with E-state index in [1.807, 2.05) is 13.0 Å². The van der Waals surface area contributed by atoms with Gasteiger partial charge in [-0.25, -0.2) is 0 Å². The molecule has 0 aliphatic rings. The number of rotatable bonds is 10. The molecule has 3 nitrogen and oxygen atoms in total. The van der Waals surface area contributed by atoms with Crippen molar-refractivity contribution in [2.45, 2.75) is 58.2 Å². The van der Waals surface area contributed by atoms with Gasteiger partial charge in [-0.2, -0.15) is 5.26 Å². The molecule has 0 aromatic rings. The molecule has 0 aliphatic heterocycles. The fourth-order valence-electron chi connectivity index (χ4n) is 1.63. The Kier molecular flexibility index (Phi) is 10.3. The van der Waals surface area contributed by atoms with Crippen molar-refractivity contribution in [3.05, 3.63) is 24.3 Å². The third-order valence-corrected chi connectivity index (χ3v) is 2.72. The largest absolute Gasteiger partial charge is 0.389 e. The van der Waals surface area contributed by atoms with Crippen LogP contribution in [0.15, 0.2) is 24.3 Å². The van der Waals surface area contributed by atoms with E-state index < -0.39 is 6.10 Å². The maximum Gasteiger partial charge on any atom is 0.0931 e. The second-order valence-electron chi connectivity index (χ2n) is 4.34. The first-order valence-electron chi connectivity index (χ1n) is 6.67. The third kappa shape index (κ3) is 7.26. The van der Waals surface area contributed by atoms with Crippen molar-refractivity contribution < 1.29 is 9.84 Å². The van der Waals surface area contributed by atoms with E-state index in [9.17, 15) is 5.11 Å². The molecule has 1 N–H and O–H groups in total. The second kappa shape index (κ2) is 11.0. The zero-order chi connectivity index (χ0) is 13.8. The second-order valence-corrected chi connectivity index (χ2v) is 4.34. The molecule has 0 saturated heterocycles. The average molecular weight is 251 g/mol. The molecule has 0 amide bonds. The molecule has 0 heterocycles. The number of nitrogens with zero attached hydrogens (tertiary/aromatic N) is 1. The van der Waals surface area contributed by atoms with Gasteiger partial charge in [0.1, 0.15) is 0 Å². The van der Waals surface area contributed by atoms with Gasteiger partial charge in [0.05, 0.1) is 31.3 Å². The fraction of sp³-hybridized carbons (Fsp3) is 0.667. The molecular weight excluding hydrogens is 226 g/mol. The van der Waals surface area contributed by atoms with Gasteiger partial charge in [-0.3, -0.25) is 0 Å². The Bertz CT molecular complexity index is 291. The van der Waals surface area contributed by atoms with Crippen molar-refractivity contribution >= 4 is 0 Å². The van der Waals surface area contributed by atoms with Crippen molar-refractivity contribution in [1.82, 2.24) is 0 Å². The first-order chi connectivity index (χ1) is 8.69. The van der Waals surface area contributed by atoms with Gasteiger partial charge in [0, 0.05) is 0 Å². The van der Waals surface area contributed by atoms with Crippen LogP contribution in [-0.4, -0.2) is 23.9 Å². The summed E-state index contributed by atoms with van der Waals surface area (Å²) in [5.74, 6) is 0. The summed E-state index contributed by atoms with van der Waals surface area (Å²) in [6.45, 7) is 8.37. The Labute approximate surface area is 111 Å². The van der Waals surface area contributed by atoms with Crippen LogP contribution in [0.4, 0.5) is 0 Å². The van der Waals surface area contributed by atoms with Crippen LogP contribution in [0.1, 0.15) is 46.0 Å². The molecule has 0 aliphatic carbocycles. The molecule has 18 heavy (non-hydrogen) atoms. The molecule has 2 atom stereocenters. The molecule has 102 valence electrons. The highest BCUT2D eigenvalue weighted by Gasteiger charge is 2.18. The lowest BCUT2D eigenvalue weighted by Crippen LogP contribution is -2.29. The van der Waals surface area contributed by atoms with Gasteiger partial charge < -0.3 is 9.84 Å². The highest BCUT2D eigenvalue weighted by molar-refractivity contribution is 5.16. The lowest BCUT2D eigenvalue weighted by atomic mass is 10.1. The summed E-state index contributed by atoms with van der Waals surface area (Å²) in [5.41, 5.74) is 1.04. The minimum atomic E-state index is -0.702. The number of hydrogen-bond acceptors (Lipinski definition) is 3. The first kappa shape index (κ1) is 16.9. The highest BCUT2D eigenvalue weighted by atomic mass is 16.5. The number of hydrogen-bond donors (Lipinski definition) is 1. The van der Waals surface area contributed by atoms with E-state index in [-0.39, 0.29) is 12.5 Å². The Morgan fingerprint density at radius 3 is 2.67 bits per heavy atom. The van der Waals surface area contributed by atoms with Gasteiger partial charge >= 0.3 is 0 Å². The number of aliphatic hydroxyl groups excluding tert-OH is 1. The van der Waals surface area contributed by atoms with Crippen LogP contribution >= 0.6 is 0 Å². The number of ether oxygens (including phenoxy) is 1. The van der Waals surface area contributed by atoms with Gasteiger partial charge in [-0.05, 0) is 18.4 Å². The molecule has 0 fully saturated rings. The molecule has 0 radical (unpaired) electrons. The Balaban J connectivity index is 4.32. The van der Waals surface area contributed by atoms with Crippen LogP contribution in [0.3, 0.4) is 0 Å². The molecule has 3 heteroatoms. The molecule has 0 saturated carbocycles. The topological polar surface area (TPSA) is 53.2 Å². The van der Waals surface area contributed by atoms with Crippen LogP contribution in [0.2, 0.25) is 0 Å². The molecule has 0 aromatic carbocycles. The molecule has 1 unspecified atom stereocenters. The summed E-state index contributed by atoms with van der Waals surface area (Å²) in [6.07, 6.45) is 6.83. The van der Waals surface area contributed by atoms with E-state index in [1.165, 1.54) is 0 Å². The van der Waals surface area contributed by atoms with E-state index in [1.54, 1.807) is 6.08 Å². The molecular formula is C15H25NO2. The molecule has 0 spiro atoms. The number of nitriles is 1. The quantitative estimate of drug-likeness (QED) is 0.606. The molecule has 0 bridgehead atoms. The maximum atomic E-state index is 9.81. The Morgan fingerprint density at radius 2 is 2.17 bits per heavy atom. The van der Waals surface area contributed by atoms with E-state index in [4.69, 9.17) is 10.00 Å². The normalized spacial score (nSPS) is 14.9. The average Bonchev–Trinajstić information content (AvgIpc) is 2.37. The SMILES string of the molecule is C=CC(=CCCC)CO[C@@H](CCC)C(O)CC#N. The summed E-state index contributed by atoms with van der Waals surface area (Å²) in [7, 11) is 0. The van der Waals surface area contributed by atoms with E-state index in [0.29, 0.717) is 6.61 Å². The lowest BCUT2D eigenvalue weighted by Gasteiger charge is -2.21. The van der Waals surface area contributed by atoms with Gasteiger partial charge in [-0.15, -0.1) is 0 Å². The summed E-state index contributed by atoms with van der Waals surface area (Å²) in [4.78, 5) is 0. The first-order valence-corrected chi connectivity index (χ1v) is 6.67. The molecule has 0 aromatic heterocycles. The maximum absolute atomic E-state index is 9.81. The zero-order valence-electron chi connectivity index (χ0n) is 11.6. The van der Waals surface area contributed by atoms with Crippen molar-refractivity contribution in [3.8, 4) is 6.07 Å². The summed E-state index contributed by atoms with van der Waals surface area (Å²) < 4.78 is 5.71. The van der Waals surface area contributed by atoms with Gasteiger partial charge in [0.2, 0.25) is 0 Å². The van der Waals surface area contributed by atoms with Crippen LogP contribution in [-0.2, 0) is 4.74 Å². The highest BCUT2D eigenvalue weighted by Crippen LogP contribution is 2.12. The fourth-order valence-corrected chi connectivity index (χ4v) is 1.63. The Hall–Kier alpha value is -1.11. The predicted octanol–water partition coefficient (Wildman–Crippen LogP) is 3.36. The third-order valence-electron chi connectivity index (χ3n) is 2.72. The minimum absolute atomic E-state index is 0.118. The number of aliphatic hydroxyl groups is 1. The predicted molar refractivity (Wildman–Crippen MR) is 74.1 cm³/mol. The smallest absolute Gasteiger partial charge is 0.0931 e. The van der Waals surface area contributed by atoms with Crippen molar-refractivity contribution in [3.63, 3.8) is 0 Å². The van der Waals surface area contributed by atoms with E-state index >= 15 is 0 Å². The minimum Gasteiger partial charge on any atom is -0.389 e. The van der Waals surface area contributed by atoms with Crippen molar-refractivity contribution in [2.24, 2.45) is 0 Å². The van der Waals surface area contributed by atoms with Crippen LogP contribution in [0.25, 0.3) is 0 Å². The summed E-state index contributed by atoms with van der Waals surface area (Å²) in [5, 5.41) is 18.4. The summed E-state index contributed by atoms with van der Waals surface area (Å²) >= 11 is 0.